The minimum absolute atomic E-state index is 0.621. The molecule has 0 fully saturated rings. The Kier molecular flexibility index (Phi) is 16.3. The Morgan fingerprint density at radius 1 is 0.526 bits per heavy atom. The van der Waals surface area contributed by atoms with E-state index in [2.05, 4.69) is 9.80 Å². The number of nitrogens with zero attached hydrogens (tertiary/aromatic N) is 2. The number of ether oxygens (including phenoxy) is 1. The van der Waals surface area contributed by atoms with Crippen LogP contribution in [0.4, 0.5) is 0 Å². The van der Waals surface area contributed by atoms with Crippen LogP contribution in [0.2, 0.25) is 0 Å². The largest absolute Gasteiger partial charge is 0.379 e. The standard InChI is InChI=1S/C12H24Cl4N2O/c13-1-5-17(6-2-14)9-11-19-12-10-18(7-3-15)8-4-16/h1-12H2. The Morgan fingerprint density at radius 2 is 0.842 bits per heavy atom. The molecule has 0 aromatic heterocycles. The van der Waals surface area contributed by atoms with E-state index in [9.17, 15) is 0 Å². The lowest BCUT2D eigenvalue weighted by molar-refractivity contribution is 0.0883. The Balaban J connectivity index is 3.59. The molecule has 0 N–H and O–H groups in total. The molecule has 0 unspecified atom stereocenters. The van der Waals surface area contributed by atoms with Gasteiger partial charge in [0.1, 0.15) is 0 Å². The molecule has 116 valence electrons. The average molecular weight is 354 g/mol. The molecule has 0 amide bonds. The zero-order chi connectivity index (χ0) is 14.3. The van der Waals surface area contributed by atoms with E-state index in [0.29, 0.717) is 36.7 Å². The summed E-state index contributed by atoms with van der Waals surface area (Å²) in [5, 5.41) is 0. The van der Waals surface area contributed by atoms with Crippen LogP contribution >= 0.6 is 46.4 Å². The van der Waals surface area contributed by atoms with Gasteiger partial charge in [-0.15, -0.1) is 46.4 Å². The monoisotopic (exact) mass is 352 g/mol. The average Bonchev–Trinajstić information content (AvgIpc) is 2.39. The molecule has 0 aliphatic rings. The predicted molar refractivity (Wildman–Crippen MR) is 86.6 cm³/mol. The number of hydrogen-bond acceptors (Lipinski definition) is 3. The minimum Gasteiger partial charge on any atom is -0.379 e. The van der Waals surface area contributed by atoms with Crippen LogP contribution in [-0.4, -0.2) is 85.8 Å². The third-order valence-electron chi connectivity index (χ3n) is 2.71. The normalized spacial score (nSPS) is 11.7. The Morgan fingerprint density at radius 3 is 1.11 bits per heavy atom. The highest BCUT2D eigenvalue weighted by molar-refractivity contribution is 6.18. The number of hydrogen-bond donors (Lipinski definition) is 0. The van der Waals surface area contributed by atoms with Crippen LogP contribution in [-0.2, 0) is 4.74 Å². The van der Waals surface area contributed by atoms with E-state index in [-0.39, 0.29) is 0 Å². The smallest absolute Gasteiger partial charge is 0.0594 e. The van der Waals surface area contributed by atoms with Gasteiger partial charge in [-0.25, -0.2) is 0 Å². The maximum absolute atomic E-state index is 5.73. The Labute approximate surface area is 137 Å². The molecule has 0 bridgehead atoms. The summed E-state index contributed by atoms with van der Waals surface area (Å²) < 4.78 is 5.62. The number of alkyl halides is 4. The predicted octanol–water partition coefficient (Wildman–Crippen LogP) is 2.56. The van der Waals surface area contributed by atoms with Gasteiger partial charge in [0.05, 0.1) is 13.2 Å². The van der Waals surface area contributed by atoms with Crippen molar-refractivity contribution < 1.29 is 4.74 Å². The maximum Gasteiger partial charge on any atom is 0.0594 e. The third-order valence-corrected chi connectivity index (χ3v) is 3.38. The van der Waals surface area contributed by atoms with Crippen LogP contribution in [0.3, 0.4) is 0 Å². The summed E-state index contributed by atoms with van der Waals surface area (Å²) >= 11 is 22.9. The number of halogens is 4. The second-order valence-corrected chi connectivity index (χ2v) is 5.56. The summed E-state index contributed by atoms with van der Waals surface area (Å²) in [5.74, 6) is 2.48. The molecule has 0 aliphatic carbocycles. The Hall–Kier alpha value is 1.04. The van der Waals surface area contributed by atoms with E-state index in [1.54, 1.807) is 0 Å². The summed E-state index contributed by atoms with van der Waals surface area (Å²) in [4.78, 5) is 4.41. The lowest BCUT2D eigenvalue weighted by Gasteiger charge is -2.22. The van der Waals surface area contributed by atoms with E-state index in [1.165, 1.54) is 0 Å². The first-order valence-corrected chi connectivity index (χ1v) is 8.68. The van der Waals surface area contributed by atoms with Crippen molar-refractivity contribution in [3.8, 4) is 0 Å². The molecule has 19 heavy (non-hydrogen) atoms. The van der Waals surface area contributed by atoms with E-state index >= 15 is 0 Å². The molecule has 0 radical (unpaired) electrons. The van der Waals surface area contributed by atoms with Gasteiger partial charge in [-0.05, 0) is 0 Å². The van der Waals surface area contributed by atoms with Gasteiger partial charge in [0.25, 0.3) is 0 Å². The van der Waals surface area contributed by atoms with Crippen molar-refractivity contribution in [2.75, 3.05) is 76.0 Å². The van der Waals surface area contributed by atoms with Gasteiger partial charge in [-0.1, -0.05) is 0 Å². The molecule has 3 nitrogen and oxygen atoms in total. The van der Waals surface area contributed by atoms with E-state index in [1.807, 2.05) is 0 Å². The van der Waals surface area contributed by atoms with Crippen LogP contribution in [0.5, 0.6) is 0 Å². The van der Waals surface area contributed by atoms with Gasteiger partial charge in [-0.2, -0.15) is 0 Å². The highest BCUT2D eigenvalue weighted by atomic mass is 35.5. The molecule has 0 aliphatic heterocycles. The summed E-state index contributed by atoms with van der Waals surface area (Å²) in [6, 6.07) is 0. The van der Waals surface area contributed by atoms with Gasteiger partial charge >= 0.3 is 0 Å². The fourth-order valence-electron chi connectivity index (χ4n) is 1.64. The van der Waals surface area contributed by atoms with Crippen LogP contribution in [0.25, 0.3) is 0 Å². The summed E-state index contributed by atoms with van der Waals surface area (Å²) in [6.07, 6.45) is 0. The summed E-state index contributed by atoms with van der Waals surface area (Å²) in [6.45, 7) is 6.52. The first-order valence-electron chi connectivity index (χ1n) is 6.54. The van der Waals surface area contributed by atoms with Crippen LogP contribution < -0.4 is 0 Å². The molecular weight excluding hydrogens is 330 g/mol. The molecule has 0 heterocycles. The lowest BCUT2D eigenvalue weighted by Crippen LogP contribution is -2.34. The second-order valence-electron chi connectivity index (χ2n) is 4.05. The molecule has 0 saturated carbocycles. The summed E-state index contributed by atoms with van der Waals surface area (Å²) in [7, 11) is 0. The highest BCUT2D eigenvalue weighted by Gasteiger charge is 2.05. The first kappa shape index (κ1) is 20.0. The SMILES string of the molecule is ClCCN(CCCl)CCOCCN(CCCl)CCCl. The van der Waals surface area contributed by atoms with Gasteiger partial charge in [0, 0.05) is 62.8 Å². The third kappa shape index (κ3) is 12.5. The van der Waals surface area contributed by atoms with Gasteiger partial charge in [0.15, 0.2) is 0 Å². The van der Waals surface area contributed by atoms with Gasteiger partial charge < -0.3 is 4.74 Å². The molecular formula is C12H24Cl4N2O. The summed E-state index contributed by atoms with van der Waals surface area (Å²) in [5.41, 5.74) is 0. The van der Waals surface area contributed by atoms with E-state index in [0.717, 1.165) is 39.3 Å². The highest BCUT2D eigenvalue weighted by Crippen LogP contribution is 1.94. The fraction of sp³-hybridized carbons (Fsp3) is 1.00. The maximum atomic E-state index is 5.73. The second kappa shape index (κ2) is 15.4. The number of rotatable bonds is 14. The van der Waals surface area contributed by atoms with E-state index in [4.69, 9.17) is 51.1 Å². The zero-order valence-corrected chi connectivity index (χ0v) is 14.3. The minimum atomic E-state index is 0.621. The molecule has 0 spiro atoms. The van der Waals surface area contributed by atoms with Crippen molar-refractivity contribution in [2.24, 2.45) is 0 Å². The van der Waals surface area contributed by atoms with Gasteiger partial charge in [-0.3, -0.25) is 9.80 Å². The lowest BCUT2D eigenvalue weighted by atomic mass is 10.4. The Bertz CT molecular complexity index is 159. The molecule has 0 aromatic carbocycles. The molecule has 0 saturated heterocycles. The van der Waals surface area contributed by atoms with Crippen molar-refractivity contribution in [2.45, 2.75) is 0 Å². The van der Waals surface area contributed by atoms with Gasteiger partial charge in [0.2, 0.25) is 0 Å². The van der Waals surface area contributed by atoms with Crippen LogP contribution in [0, 0.1) is 0 Å². The molecule has 0 atom stereocenters. The topological polar surface area (TPSA) is 15.7 Å². The van der Waals surface area contributed by atoms with Crippen molar-refractivity contribution in [1.82, 2.24) is 9.80 Å². The van der Waals surface area contributed by atoms with Crippen LogP contribution in [0.1, 0.15) is 0 Å². The van der Waals surface area contributed by atoms with Crippen molar-refractivity contribution in [1.29, 1.82) is 0 Å². The van der Waals surface area contributed by atoms with Crippen LogP contribution in [0.15, 0.2) is 0 Å². The fourth-order valence-corrected chi connectivity index (χ4v) is 2.59. The zero-order valence-electron chi connectivity index (χ0n) is 11.3. The quantitative estimate of drug-likeness (QED) is 0.352. The van der Waals surface area contributed by atoms with Crippen molar-refractivity contribution in [3.63, 3.8) is 0 Å². The van der Waals surface area contributed by atoms with Crippen molar-refractivity contribution in [3.05, 3.63) is 0 Å². The molecule has 7 heteroatoms. The first-order chi connectivity index (χ1) is 9.28. The van der Waals surface area contributed by atoms with Crippen molar-refractivity contribution >= 4 is 46.4 Å². The molecule has 0 aromatic rings. The van der Waals surface area contributed by atoms with E-state index < -0.39 is 0 Å². The molecule has 0 rings (SSSR count).